The largest absolute Gasteiger partial charge is 0.390 e. The van der Waals surface area contributed by atoms with Crippen molar-refractivity contribution in [3.05, 3.63) is 30.6 Å². The van der Waals surface area contributed by atoms with E-state index in [0.717, 1.165) is 25.7 Å². The van der Waals surface area contributed by atoms with Crippen LogP contribution in [0.15, 0.2) is 24.9 Å². The molecule has 0 saturated heterocycles. The maximum Gasteiger partial charge on any atom is 0.269 e. The second-order valence-corrected chi connectivity index (χ2v) is 7.69. The first-order valence-electron chi connectivity index (χ1n) is 9.10. The molecule has 0 bridgehead atoms. The van der Waals surface area contributed by atoms with E-state index in [4.69, 9.17) is 5.73 Å². The van der Waals surface area contributed by atoms with E-state index in [1.165, 1.54) is 0 Å². The molecule has 1 aliphatic rings. The van der Waals surface area contributed by atoms with E-state index >= 15 is 0 Å². The van der Waals surface area contributed by atoms with Crippen molar-refractivity contribution in [3.8, 4) is 5.95 Å². The minimum atomic E-state index is -0.682. The summed E-state index contributed by atoms with van der Waals surface area (Å²) in [4.78, 5) is 24.9. The molecule has 142 valence electrons. The molecule has 0 spiro atoms. The van der Waals surface area contributed by atoms with E-state index < -0.39 is 11.5 Å². The summed E-state index contributed by atoms with van der Waals surface area (Å²) in [5, 5.41) is 14.7. The van der Waals surface area contributed by atoms with Gasteiger partial charge in [-0.25, -0.2) is 15.0 Å². The fraction of sp³-hybridized carbons (Fsp3) is 0.500. The van der Waals surface area contributed by atoms with Crippen LogP contribution in [0.25, 0.3) is 17.0 Å². The molecule has 0 aliphatic heterocycles. The quantitative estimate of drug-likeness (QED) is 0.720. The first-order chi connectivity index (χ1) is 12.8. The number of hydrogen-bond donors (Lipinski definition) is 2. The summed E-state index contributed by atoms with van der Waals surface area (Å²) in [5.74, 6) is -0.0231. The van der Waals surface area contributed by atoms with E-state index in [0.29, 0.717) is 17.0 Å². The highest BCUT2D eigenvalue weighted by Gasteiger charge is 2.33. The number of primary amides is 1. The lowest BCUT2D eigenvalue weighted by Gasteiger charge is -2.36. The Morgan fingerprint density at radius 2 is 2.00 bits per heavy atom. The molecule has 3 aromatic rings. The molecule has 3 N–H and O–H groups in total. The minimum Gasteiger partial charge on any atom is -0.390 e. The maximum atomic E-state index is 12.1. The van der Waals surface area contributed by atoms with E-state index in [2.05, 4.69) is 20.1 Å². The van der Waals surface area contributed by atoms with E-state index in [9.17, 15) is 9.90 Å². The lowest BCUT2D eigenvalue weighted by molar-refractivity contribution is -0.00530. The van der Waals surface area contributed by atoms with Crippen LogP contribution in [0.1, 0.15) is 56.1 Å². The molecule has 1 fully saturated rings. The van der Waals surface area contributed by atoms with Gasteiger partial charge in [0.05, 0.1) is 17.8 Å². The van der Waals surface area contributed by atoms with Crippen LogP contribution >= 0.6 is 0 Å². The summed E-state index contributed by atoms with van der Waals surface area (Å²) in [6.07, 6.45) is 10.1. The fourth-order valence-electron chi connectivity index (χ4n) is 3.92. The van der Waals surface area contributed by atoms with Gasteiger partial charge in [0.2, 0.25) is 5.95 Å². The Morgan fingerprint density at radius 1 is 1.26 bits per heavy atom. The van der Waals surface area contributed by atoms with Crippen LogP contribution in [-0.2, 0) is 0 Å². The molecule has 0 aromatic carbocycles. The summed E-state index contributed by atoms with van der Waals surface area (Å²) in [6, 6.07) is 0.127. The number of carbonyl (C=O) groups is 1. The van der Waals surface area contributed by atoms with Crippen LogP contribution in [0.5, 0.6) is 0 Å². The molecule has 27 heavy (non-hydrogen) atoms. The van der Waals surface area contributed by atoms with Gasteiger partial charge in [-0.3, -0.25) is 14.0 Å². The molecule has 0 unspecified atom stereocenters. The Bertz CT molecular complexity index is 964. The summed E-state index contributed by atoms with van der Waals surface area (Å²) in [5.41, 5.74) is 6.23. The number of rotatable bonds is 4. The standard InChI is InChI=1S/C18H23N7O2/c1-18(2,27)11-3-5-12(6-4-11)25-15-13(9-21-25)22-17(23-14(15)16(19)26)24-8-7-20-10-24/h7-12,27H,3-6H2,1-2H3,(H2,19,26). The molecule has 4 rings (SSSR count). The Morgan fingerprint density at radius 3 is 2.59 bits per heavy atom. The lowest BCUT2D eigenvalue weighted by Crippen LogP contribution is -2.34. The number of hydrogen-bond acceptors (Lipinski definition) is 6. The van der Waals surface area contributed by atoms with Crippen LogP contribution in [-0.4, -0.2) is 45.9 Å². The smallest absolute Gasteiger partial charge is 0.269 e. The van der Waals surface area contributed by atoms with Gasteiger partial charge in [-0.15, -0.1) is 0 Å². The monoisotopic (exact) mass is 369 g/mol. The molecule has 3 aromatic heterocycles. The van der Waals surface area contributed by atoms with Gasteiger partial charge in [0, 0.05) is 12.4 Å². The van der Waals surface area contributed by atoms with Crippen molar-refractivity contribution >= 4 is 16.9 Å². The molecule has 9 heteroatoms. The molecule has 0 atom stereocenters. The third-order valence-corrected chi connectivity index (χ3v) is 5.44. The van der Waals surface area contributed by atoms with Gasteiger partial charge < -0.3 is 10.8 Å². The maximum absolute atomic E-state index is 12.1. The predicted octanol–water partition coefficient (Wildman–Crippen LogP) is 1.61. The number of nitrogens with zero attached hydrogens (tertiary/aromatic N) is 6. The van der Waals surface area contributed by atoms with Crippen LogP contribution < -0.4 is 5.73 Å². The SMILES string of the molecule is CC(C)(O)C1CCC(n2ncc3nc(-n4ccnc4)nc(C(N)=O)c32)CC1. The molecule has 9 nitrogen and oxygen atoms in total. The van der Waals surface area contributed by atoms with Crippen LogP contribution in [0.2, 0.25) is 0 Å². The Balaban J connectivity index is 1.72. The van der Waals surface area contributed by atoms with E-state index in [-0.39, 0.29) is 17.7 Å². The van der Waals surface area contributed by atoms with Crippen molar-refractivity contribution in [2.24, 2.45) is 11.7 Å². The molecular weight excluding hydrogens is 346 g/mol. The van der Waals surface area contributed by atoms with Gasteiger partial charge >= 0.3 is 0 Å². The van der Waals surface area contributed by atoms with Crippen molar-refractivity contribution in [2.75, 3.05) is 0 Å². The summed E-state index contributed by atoms with van der Waals surface area (Å²) in [7, 11) is 0. The zero-order valence-corrected chi connectivity index (χ0v) is 15.4. The Labute approximate surface area is 156 Å². The number of carbonyl (C=O) groups excluding carboxylic acids is 1. The highest BCUT2D eigenvalue weighted by molar-refractivity contribution is 6.02. The molecule has 3 heterocycles. The average molecular weight is 369 g/mol. The zero-order valence-electron chi connectivity index (χ0n) is 15.4. The normalized spacial score (nSPS) is 20.9. The van der Waals surface area contributed by atoms with Crippen LogP contribution in [0, 0.1) is 5.92 Å². The van der Waals surface area contributed by atoms with Crippen molar-refractivity contribution in [1.82, 2.24) is 29.3 Å². The highest BCUT2D eigenvalue weighted by atomic mass is 16.3. The van der Waals surface area contributed by atoms with Crippen LogP contribution in [0.4, 0.5) is 0 Å². The number of aromatic nitrogens is 6. The number of fused-ring (bicyclic) bond motifs is 1. The van der Waals surface area contributed by atoms with Crippen molar-refractivity contribution in [2.45, 2.75) is 51.2 Å². The summed E-state index contributed by atoms with van der Waals surface area (Å²) >= 11 is 0. The number of imidazole rings is 1. The molecule has 1 amide bonds. The number of amides is 1. The van der Waals surface area contributed by atoms with E-state index in [1.54, 1.807) is 29.5 Å². The second-order valence-electron chi connectivity index (χ2n) is 7.69. The Hall–Kier alpha value is -2.81. The first kappa shape index (κ1) is 17.6. The number of nitrogens with two attached hydrogens (primary N) is 1. The topological polar surface area (TPSA) is 125 Å². The third-order valence-electron chi connectivity index (χ3n) is 5.44. The molecule has 1 saturated carbocycles. The lowest BCUT2D eigenvalue weighted by atomic mass is 9.77. The van der Waals surface area contributed by atoms with Gasteiger partial charge in [-0.2, -0.15) is 5.10 Å². The van der Waals surface area contributed by atoms with Gasteiger partial charge in [0.15, 0.2) is 5.69 Å². The van der Waals surface area contributed by atoms with E-state index in [1.807, 2.05) is 18.5 Å². The average Bonchev–Trinajstić information content (AvgIpc) is 3.30. The molecular formula is C18H23N7O2. The first-order valence-corrected chi connectivity index (χ1v) is 9.10. The van der Waals surface area contributed by atoms with Crippen molar-refractivity contribution < 1.29 is 9.90 Å². The van der Waals surface area contributed by atoms with Crippen LogP contribution in [0.3, 0.4) is 0 Å². The predicted molar refractivity (Wildman–Crippen MR) is 98.3 cm³/mol. The summed E-state index contributed by atoms with van der Waals surface area (Å²) in [6.45, 7) is 3.72. The second kappa shape index (κ2) is 6.41. The van der Waals surface area contributed by atoms with Gasteiger partial charge in [0.1, 0.15) is 17.4 Å². The number of aliphatic hydroxyl groups is 1. The molecule has 1 aliphatic carbocycles. The highest BCUT2D eigenvalue weighted by Crippen LogP contribution is 2.38. The fourth-order valence-corrected chi connectivity index (χ4v) is 3.92. The third kappa shape index (κ3) is 3.18. The Kier molecular flexibility index (Phi) is 4.18. The molecule has 0 radical (unpaired) electrons. The minimum absolute atomic E-state index is 0.127. The van der Waals surface area contributed by atoms with Crippen molar-refractivity contribution in [3.63, 3.8) is 0 Å². The summed E-state index contributed by atoms with van der Waals surface area (Å²) < 4.78 is 3.45. The van der Waals surface area contributed by atoms with Gasteiger partial charge in [0.25, 0.3) is 5.91 Å². The van der Waals surface area contributed by atoms with Gasteiger partial charge in [-0.05, 0) is 45.4 Å². The van der Waals surface area contributed by atoms with Gasteiger partial charge in [-0.1, -0.05) is 0 Å². The zero-order chi connectivity index (χ0) is 19.2. The van der Waals surface area contributed by atoms with Crippen molar-refractivity contribution in [1.29, 1.82) is 0 Å².